The van der Waals surface area contributed by atoms with Crippen LogP contribution in [0.15, 0.2) is 77.7 Å². The average Bonchev–Trinajstić information content (AvgIpc) is 2.63. The van der Waals surface area contributed by atoms with Crippen molar-refractivity contribution < 1.29 is 21.9 Å². The van der Waals surface area contributed by atoms with E-state index in [4.69, 9.17) is 4.74 Å². The van der Waals surface area contributed by atoms with Crippen LogP contribution in [0.1, 0.15) is 5.56 Å². The van der Waals surface area contributed by atoms with E-state index in [9.17, 15) is 17.2 Å². The summed E-state index contributed by atoms with van der Waals surface area (Å²) in [5.74, 6) is -0.253. The minimum atomic E-state index is -3.97. The molecule has 0 radical (unpaired) electrons. The molecule has 0 aliphatic heterocycles. The van der Waals surface area contributed by atoms with Gasteiger partial charge in [-0.3, -0.25) is 0 Å². The van der Waals surface area contributed by atoms with Crippen molar-refractivity contribution in [2.45, 2.75) is 11.4 Å². The summed E-state index contributed by atoms with van der Waals surface area (Å²) in [6.07, 6.45) is 0. The van der Waals surface area contributed by atoms with Gasteiger partial charge < -0.3 is 4.74 Å². The molecule has 0 amide bonds. The highest BCUT2D eigenvalue weighted by Crippen LogP contribution is 2.23. The molecule has 0 aliphatic carbocycles. The molecule has 0 bridgehead atoms. The summed E-state index contributed by atoms with van der Waals surface area (Å²) in [5.41, 5.74) is 0.629. The zero-order valence-corrected chi connectivity index (χ0v) is 14.3. The predicted octanol–water partition coefficient (Wildman–Crippen LogP) is 4.24. The molecule has 0 fully saturated rings. The Labute approximate surface area is 150 Å². The lowest BCUT2D eigenvalue weighted by atomic mass is 10.2. The molecule has 134 valence electrons. The maximum atomic E-state index is 13.7. The SMILES string of the molecule is O=S(=O)(NCc1cccc(Oc2ccc(F)cc2)c1)c1ccccc1F. The van der Waals surface area contributed by atoms with E-state index in [1.165, 1.54) is 42.5 Å². The van der Waals surface area contributed by atoms with Crippen LogP contribution >= 0.6 is 0 Å². The first-order chi connectivity index (χ1) is 12.4. The van der Waals surface area contributed by atoms with Crippen molar-refractivity contribution >= 4 is 10.0 Å². The highest BCUT2D eigenvalue weighted by Gasteiger charge is 2.18. The molecule has 0 atom stereocenters. The summed E-state index contributed by atoms with van der Waals surface area (Å²) in [6, 6.07) is 17.4. The van der Waals surface area contributed by atoms with Crippen LogP contribution in [0, 0.1) is 11.6 Å². The summed E-state index contributed by atoms with van der Waals surface area (Å²) in [5, 5.41) is 0. The smallest absolute Gasteiger partial charge is 0.243 e. The second-order valence-electron chi connectivity index (χ2n) is 5.46. The minimum absolute atomic E-state index is 0.0305. The molecule has 3 rings (SSSR count). The standard InChI is InChI=1S/C19H15F2NO3S/c20-15-8-10-16(11-9-15)25-17-5-3-4-14(12-17)13-22-26(23,24)19-7-2-1-6-18(19)21/h1-12,22H,13H2. The number of halogens is 2. The molecule has 1 N–H and O–H groups in total. The van der Waals surface area contributed by atoms with Gasteiger partial charge in [0.25, 0.3) is 0 Å². The van der Waals surface area contributed by atoms with Gasteiger partial charge in [-0.2, -0.15) is 0 Å². The minimum Gasteiger partial charge on any atom is -0.457 e. The topological polar surface area (TPSA) is 55.4 Å². The summed E-state index contributed by atoms with van der Waals surface area (Å²) >= 11 is 0. The van der Waals surface area contributed by atoms with Gasteiger partial charge in [-0.15, -0.1) is 0 Å². The summed E-state index contributed by atoms with van der Waals surface area (Å²) in [7, 11) is -3.97. The quantitative estimate of drug-likeness (QED) is 0.701. The van der Waals surface area contributed by atoms with Gasteiger partial charge in [-0.05, 0) is 54.1 Å². The Hall–Kier alpha value is -2.77. The molecule has 0 saturated carbocycles. The predicted molar refractivity (Wildman–Crippen MR) is 93.3 cm³/mol. The first-order valence-corrected chi connectivity index (χ1v) is 9.19. The second kappa shape index (κ2) is 7.63. The average molecular weight is 375 g/mol. The van der Waals surface area contributed by atoms with Gasteiger partial charge in [-0.1, -0.05) is 24.3 Å². The van der Waals surface area contributed by atoms with Crippen LogP contribution in [0.4, 0.5) is 8.78 Å². The number of benzene rings is 3. The lowest BCUT2D eigenvalue weighted by molar-refractivity contribution is 0.479. The van der Waals surface area contributed by atoms with Gasteiger partial charge in [0.05, 0.1) is 0 Å². The molecule has 0 saturated heterocycles. The number of ether oxygens (including phenoxy) is 1. The van der Waals surface area contributed by atoms with Gasteiger partial charge in [-0.25, -0.2) is 21.9 Å². The van der Waals surface area contributed by atoms with E-state index < -0.39 is 20.7 Å². The zero-order valence-electron chi connectivity index (χ0n) is 13.5. The zero-order chi connectivity index (χ0) is 18.6. The summed E-state index contributed by atoms with van der Waals surface area (Å²) in [6.45, 7) is -0.0305. The Kier molecular flexibility index (Phi) is 5.29. The van der Waals surface area contributed by atoms with Gasteiger partial charge in [0.1, 0.15) is 28.0 Å². The second-order valence-corrected chi connectivity index (χ2v) is 7.19. The van der Waals surface area contributed by atoms with Crippen LogP contribution in [0.25, 0.3) is 0 Å². The fourth-order valence-electron chi connectivity index (χ4n) is 2.28. The van der Waals surface area contributed by atoms with E-state index in [-0.39, 0.29) is 12.4 Å². The fraction of sp³-hybridized carbons (Fsp3) is 0.0526. The van der Waals surface area contributed by atoms with E-state index in [1.54, 1.807) is 24.3 Å². The normalized spacial score (nSPS) is 11.3. The maximum absolute atomic E-state index is 13.7. The molecular formula is C19H15F2NO3S. The van der Waals surface area contributed by atoms with Crippen molar-refractivity contribution in [2.24, 2.45) is 0 Å². The Morgan fingerprint density at radius 2 is 1.58 bits per heavy atom. The van der Waals surface area contributed by atoms with E-state index in [1.807, 2.05) is 0 Å². The third-order valence-electron chi connectivity index (χ3n) is 3.54. The van der Waals surface area contributed by atoms with Crippen molar-refractivity contribution in [3.8, 4) is 11.5 Å². The molecule has 3 aromatic carbocycles. The number of hydrogen-bond acceptors (Lipinski definition) is 3. The fourth-order valence-corrected chi connectivity index (χ4v) is 3.37. The molecule has 0 spiro atoms. The van der Waals surface area contributed by atoms with Crippen LogP contribution in [-0.2, 0) is 16.6 Å². The number of sulfonamides is 1. The lowest BCUT2D eigenvalue weighted by Gasteiger charge is -2.10. The molecule has 0 aliphatic rings. The van der Waals surface area contributed by atoms with E-state index in [2.05, 4.69) is 4.72 Å². The Morgan fingerprint density at radius 3 is 2.31 bits per heavy atom. The van der Waals surface area contributed by atoms with E-state index in [0.29, 0.717) is 17.1 Å². The van der Waals surface area contributed by atoms with Crippen LogP contribution in [0.5, 0.6) is 11.5 Å². The summed E-state index contributed by atoms with van der Waals surface area (Å²) < 4.78 is 59.0. The molecule has 0 heterocycles. The van der Waals surface area contributed by atoms with E-state index >= 15 is 0 Å². The highest BCUT2D eigenvalue weighted by atomic mass is 32.2. The van der Waals surface area contributed by atoms with Gasteiger partial charge in [0, 0.05) is 6.54 Å². The number of rotatable bonds is 6. The monoisotopic (exact) mass is 375 g/mol. The Morgan fingerprint density at radius 1 is 0.846 bits per heavy atom. The first-order valence-electron chi connectivity index (χ1n) is 7.70. The summed E-state index contributed by atoms with van der Waals surface area (Å²) in [4.78, 5) is -0.404. The van der Waals surface area contributed by atoms with Crippen molar-refractivity contribution in [1.29, 1.82) is 0 Å². The first kappa shape index (κ1) is 18.0. The van der Waals surface area contributed by atoms with Gasteiger partial charge in [0.2, 0.25) is 10.0 Å². The molecule has 7 heteroatoms. The Bertz CT molecular complexity index is 1010. The van der Waals surface area contributed by atoms with Crippen LogP contribution in [-0.4, -0.2) is 8.42 Å². The van der Waals surface area contributed by atoms with Crippen molar-refractivity contribution in [1.82, 2.24) is 4.72 Å². The molecule has 4 nitrogen and oxygen atoms in total. The van der Waals surface area contributed by atoms with Crippen LogP contribution in [0.2, 0.25) is 0 Å². The molecular weight excluding hydrogens is 360 g/mol. The van der Waals surface area contributed by atoms with Gasteiger partial charge in [0.15, 0.2) is 0 Å². The van der Waals surface area contributed by atoms with Crippen LogP contribution in [0.3, 0.4) is 0 Å². The van der Waals surface area contributed by atoms with Gasteiger partial charge >= 0.3 is 0 Å². The molecule has 3 aromatic rings. The lowest BCUT2D eigenvalue weighted by Crippen LogP contribution is -2.24. The highest BCUT2D eigenvalue weighted by molar-refractivity contribution is 7.89. The van der Waals surface area contributed by atoms with Crippen LogP contribution < -0.4 is 9.46 Å². The molecule has 26 heavy (non-hydrogen) atoms. The molecule has 0 aromatic heterocycles. The van der Waals surface area contributed by atoms with Crippen molar-refractivity contribution in [2.75, 3.05) is 0 Å². The molecule has 0 unspecified atom stereocenters. The Balaban J connectivity index is 1.71. The van der Waals surface area contributed by atoms with Crippen molar-refractivity contribution in [3.05, 3.63) is 90.0 Å². The number of hydrogen-bond donors (Lipinski definition) is 1. The third kappa shape index (κ3) is 4.44. The maximum Gasteiger partial charge on any atom is 0.243 e. The largest absolute Gasteiger partial charge is 0.457 e. The van der Waals surface area contributed by atoms with Crippen molar-refractivity contribution in [3.63, 3.8) is 0 Å². The third-order valence-corrected chi connectivity index (χ3v) is 4.97. The number of nitrogens with one attached hydrogen (secondary N) is 1. The van der Waals surface area contributed by atoms with E-state index in [0.717, 1.165) is 6.07 Å².